The fourth-order valence-electron chi connectivity index (χ4n) is 1.79. The van der Waals surface area contributed by atoms with E-state index in [2.05, 4.69) is 6.92 Å². The normalized spacial score (nSPS) is 10.1. The minimum Gasteiger partial charge on any atom is -0.480 e. The van der Waals surface area contributed by atoms with Gasteiger partial charge in [-0.15, -0.1) is 0 Å². The first-order valence-corrected chi connectivity index (χ1v) is 6.43. The van der Waals surface area contributed by atoms with Crippen molar-refractivity contribution in [3.8, 4) is 0 Å². The van der Waals surface area contributed by atoms with Crippen molar-refractivity contribution >= 4 is 5.91 Å². The summed E-state index contributed by atoms with van der Waals surface area (Å²) in [6, 6.07) is 0. The van der Waals surface area contributed by atoms with Gasteiger partial charge >= 0.3 is 0 Å². The summed E-state index contributed by atoms with van der Waals surface area (Å²) in [5.41, 5.74) is 0.357. The topological polar surface area (TPSA) is 60.8 Å². The van der Waals surface area contributed by atoms with Crippen molar-refractivity contribution in [3.63, 3.8) is 0 Å². The van der Waals surface area contributed by atoms with Crippen molar-refractivity contribution in [2.24, 2.45) is 0 Å². The Morgan fingerprint density at radius 3 is 2.12 bits per heavy atom. The van der Waals surface area contributed by atoms with E-state index in [4.69, 9.17) is 0 Å². The second-order valence-electron chi connectivity index (χ2n) is 4.25. The molecule has 0 aliphatic heterocycles. The molecule has 1 amide bonds. The van der Waals surface area contributed by atoms with Crippen molar-refractivity contribution in [1.29, 1.82) is 0 Å². The van der Waals surface area contributed by atoms with Crippen LogP contribution in [0.15, 0.2) is 11.6 Å². The van der Waals surface area contributed by atoms with E-state index < -0.39 is 5.95 Å². The molecule has 4 nitrogen and oxygen atoms in total. The molecule has 0 aliphatic rings. The molecule has 0 bridgehead atoms. The maximum atomic E-state index is 11.4. The molecule has 0 aromatic heterocycles. The van der Waals surface area contributed by atoms with Crippen LogP contribution in [0.1, 0.15) is 59.3 Å². The molecule has 2 N–H and O–H groups in total. The summed E-state index contributed by atoms with van der Waals surface area (Å²) in [4.78, 5) is 12.9. The number of amides is 1. The molecular weight excluding hydrogens is 218 g/mol. The molecule has 100 valence electrons. The summed E-state index contributed by atoms with van der Waals surface area (Å²) in [5.74, 6) is -0.858. The minimum atomic E-state index is -0.717. The molecule has 0 radical (unpaired) electrons. The smallest absolute Gasteiger partial charge is 0.294 e. The maximum absolute atomic E-state index is 11.4. The number of hydrogen-bond acceptors (Lipinski definition) is 3. The van der Waals surface area contributed by atoms with Crippen LogP contribution in [0.25, 0.3) is 0 Å². The Labute approximate surface area is 104 Å². The zero-order chi connectivity index (χ0) is 13.3. The van der Waals surface area contributed by atoms with Gasteiger partial charge in [0.15, 0.2) is 0 Å². The van der Waals surface area contributed by atoms with Crippen molar-refractivity contribution in [3.05, 3.63) is 11.6 Å². The highest BCUT2D eigenvalue weighted by molar-refractivity contribution is 5.75. The van der Waals surface area contributed by atoms with Gasteiger partial charge in [-0.3, -0.25) is 4.79 Å². The van der Waals surface area contributed by atoms with Crippen molar-refractivity contribution in [2.75, 3.05) is 6.54 Å². The van der Waals surface area contributed by atoms with Gasteiger partial charge in [0.25, 0.3) is 5.95 Å². The second-order valence-corrected chi connectivity index (χ2v) is 4.25. The number of unbranched alkanes of at least 4 members (excludes halogenated alkanes) is 3. The summed E-state index contributed by atoms with van der Waals surface area (Å²) in [6.45, 7) is 6.06. The van der Waals surface area contributed by atoms with Gasteiger partial charge in [-0.05, 0) is 19.3 Å². The first-order valence-electron chi connectivity index (χ1n) is 6.43. The van der Waals surface area contributed by atoms with Crippen LogP contribution < -0.4 is 0 Å². The lowest BCUT2D eigenvalue weighted by Crippen LogP contribution is -2.30. The summed E-state index contributed by atoms with van der Waals surface area (Å²) < 4.78 is 0. The Morgan fingerprint density at radius 2 is 1.71 bits per heavy atom. The highest BCUT2D eigenvalue weighted by atomic mass is 16.5. The van der Waals surface area contributed by atoms with Gasteiger partial charge in [0.1, 0.15) is 5.70 Å². The van der Waals surface area contributed by atoms with Crippen LogP contribution >= 0.6 is 0 Å². The van der Waals surface area contributed by atoms with Gasteiger partial charge in [0.2, 0.25) is 5.91 Å². The Kier molecular flexibility index (Phi) is 8.28. The minimum absolute atomic E-state index is 0.141. The van der Waals surface area contributed by atoms with Gasteiger partial charge in [-0.25, -0.2) is 0 Å². The molecule has 0 saturated carbocycles. The highest BCUT2D eigenvalue weighted by Gasteiger charge is 2.17. The molecule has 0 fully saturated rings. The van der Waals surface area contributed by atoms with Gasteiger partial charge in [-0.2, -0.15) is 0 Å². The number of nitrogens with zero attached hydrogens (tertiary/aromatic N) is 1. The van der Waals surface area contributed by atoms with Crippen LogP contribution in [0.2, 0.25) is 0 Å². The standard InChI is InChI=1S/C13H25NO3/c1-4-6-7-8-9-12(13(16)17)14(10-5-2)11(3)15/h16-17H,4-10H2,1-3H3. The molecule has 0 aliphatic carbocycles. The number of hydrogen-bond donors (Lipinski definition) is 2. The van der Waals surface area contributed by atoms with Gasteiger partial charge in [-0.1, -0.05) is 33.1 Å². The SMILES string of the molecule is CCCCCCC(=C(O)O)N(CCC)C(C)=O. The quantitative estimate of drug-likeness (QED) is 0.506. The van der Waals surface area contributed by atoms with E-state index in [1.807, 2.05) is 6.92 Å². The van der Waals surface area contributed by atoms with Crippen LogP contribution in [0.5, 0.6) is 0 Å². The Bertz CT molecular complexity index is 257. The van der Waals surface area contributed by atoms with Crippen molar-refractivity contribution < 1.29 is 15.0 Å². The molecule has 4 heteroatoms. The lowest BCUT2D eigenvalue weighted by Gasteiger charge is -2.23. The first-order chi connectivity index (χ1) is 8.04. The highest BCUT2D eigenvalue weighted by Crippen LogP contribution is 2.17. The molecule has 0 unspecified atom stereocenters. The molecule has 0 atom stereocenters. The van der Waals surface area contributed by atoms with Crippen molar-refractivity contribution in [1.82, 2.24) is 4.90 Å². The Hall–Kier alpha value is -1.19. The largest absolute Gasteiger partial charge is 0.480 e. The molecule has 0 aromatic rings. The summed E-state index contributed by atoms with van der Waals surface area (Å²) in [6.07, 6.45) is 5.53. The number of carbonyl (C=O) groups excluding carboxylic acids is 1. The van der Waals surface area contributed by atoms with E-state index in [0.717, 1.165) is 32.1 Å². The lowest BCUT2D eigenvalue weighted by atomic mass is 10.1. The van der Waals surface area contributed by atoms with E-state index in [9.17, 15) is 15.0 Å². The van der Waals surface area contributed by atoms with Gasteiger partial charge in [0, 0.05) is 13.5 Å². The van der Waals surface area contributed by atoms with E-state index >= 15 is 0 Å². The average molecular weight is 243 g/mol. The fraction of sp³-hybridized carbons (Fsp3) is 0.769. The number of allylic oxidation sites excluding steroid dienone is 1. The predicted octanol–water partition coefficient (Wildman–Crippen LogP) is 3.50. The van der Waals surface area contributed by atoms with Crippen molar-refractivity contribution in [2.45, 2.75) is 59.3 Å². The maximum Gasteiger partial charge on any atom is 0.294 e. The summed E-state index contributed by atoms with van der Waals surface area (Å²) in [7, 11) is 0. The second kappa shape index (κ2) is 8.90. The van der Waals surface area contributed by atoms with Crippen LogP contribution in [0, 0.1) is 0 Å². The van der Waals surface area contributed by atoms with E-state index in [1.54, 1.807) is 0 Å². The zero-order valence-corrected chi connectivity index (χ0v) is 11.2. The van der Waals surface area contributed by atoms with Crippen LogP contribution in [-0.2, 0) is 4.79 Å². The summed E-state index contributed by atoms with van der Waals surface area (Å²) >= 11 is 0. The number of aliphatic hydroxyl groups excluding tert-OH is 1. The fourth-order valence-corrected chi connectivity index (χ4v) is 1.79. The molecule has 0 spiro atoms. The Morgan fingerprint density at radius 1 is 1.06 bits per heavy atom. The van der Waals surface area contributed by atoms with E-state index in [1.165, 1.54) is 11.8 Å². The average Bonchev–Trinajstić information content (AvgIpc) is 2.26. The number of aliphatic hydroxyl groups is 2. The van der Waals surface area contributed by atoms with Crippen LogP contribution in [0.4, 0.5) is 0 Å². The van der Waals surface area contributed by atoms with Crippen LogP contribution in [0.3, 0.4) is 0 Å². The molecule has 17 heavy (non-hydrogen) atoms. The molecular formula is C13H25NO3. The van der Waals surface area contributed by atoms with Gasteiger partial charge in [0.05, 0.1) is 0 Å². The molecule has 0 heterocycles. The van der Waals surface area contributed by atoms with Gasteiger partial charge < -0.3 is 15.1 Å². The third-order valence-electron chi connectivity index (χ3n) is 2.68. The number of carbonyl (C=O) groups is 1. The monoisotopic (exact) mass is 243 g/mol. The lowest BCUT2D eigenvalue weighted by molar-refractivity contribution is -0.127. The van der Waals surface area contributed by atoms with E-state index in [-0.39, 0.29) is 5.91 Å². The Balaban J connectivity index is 4.50. The third kappa shape index (κ3) is 6.19. The predicted molar refractivity (Wildman–Crippen MR) is 68.7 cm³/mol. The third-order valence-corrected chi connectivity index (χ3v) is 2.68. The van der Waals surface area contributed by atoms with E-state index in [0.29, 0.717) is 18.7 Å². The summed E-state index contributed by atoms with van der Waals surface area (Å²) in [5, 5.41) is 18.5. The number of rotatable bonds is 8. The van der Waals surface area contributed by atoms with Crippen LogP contribution in [-0.4, -0.2) is 27.6 Å². The zero-order valence-electron chi connectivity index (χ0n) is 11.2. The first kappa shape index (κ1) is 15.8. The molecule has 0 aromatic carbocycles. The molecule has 0 rings (SSSR count). The molecule has 0 saturated heterocycles.